The number of benzene rings is 2. The number of nitrogen functional groups attached to an aromatic ring is 1. The summed E-state index contributed by atoms with van der Waals surface area (Å²) in [5.41, 5.74) is 9.40. The van der Waals surface area contributed by atoms with Crippen LogP contribution in [-0.2, 0) is 6.61 Å². The standard InChI is InChI=1S/C13H12ClNO/c14-11-5-6-12(13(15)7-11)10-3-1-9(8-16)2-4-10/h1-7,16H,8,15H2. The second kappa shape index (κ2) is 4.56. The third-order valence-corrected chi connectivity index (χ3v) is 2.70. The fourth-order valence-electron chi connectivity index (χ4n) is 1.59. The molecule has 2 aromatic rings. The molecule has 0 spiro atoms. The van der Waals surface area contributed by atoms with Crippen molar-refractivity contribution in [3.63, 3.8) is 0 Å². The number of hydrogen-bond acceptors (Lipinski definition) is 2. The molecule has 0 fully saturated rings. The lowest BCUT2D eigenvalue weighted by atomic mass is 10.0. The molecular formula is C13H12ClNO. The molecule has 0 radical (unpaired) electrons. The van der Waals surface area contributed by atoms with Crippen LogP contribution >= 0.6 is 11.6 Å². The predicted octanol–water partition coefficient (Wildman–Crippen LogP) is 3.08. The highest BCUT2D eigenvalue weighted by molar-refractivity contribution is 6.31. The summed E-state index contributed by atoms with van der Waals surface area (Å²) in [7, 11) is 0. The predicted molar refractivity (Wildman–Crippen MR) is 67.2 cm³/mol. The number of anilines is 1. The first-order valence-corrected chi connectivity index (χ1v) is 5.33. The van der Waals surface area contributed by atoms with Crippen LogP contribution < -0.4 is 5.73 Å². The SMILES string of the molecule is Nc1cc(Cl)ccc1-c1ccc(CO)cc1. The van der Waals surface area contributed by atoms with Gasteiger partial charge in [0.1, 0.15) is 0 Å². The molecule has 0 amide bonds. The lowest BCUT2D eigenvalue weighted by Gasteiger charge is -2.06. The maximum absolute atomic E-state index is 8.95. The van der Waals surface area contributed by atoms with Gasteiger partial charge in [-0.3, -0.25) is 0 Å². The fraction of sp³-hybridized carbons (Fsp3) is 0.0769. The fourth-order valence-corrected chi connectivity index (χ4v) is 1.77. The number of halogens is 1. The average Bonchev–Trinajstić information content (AvgIpc) is 2.29. The Kier molecular flexibility index (Phi) is 3.13. The quantitative estimate of drug-likeness (QED) is 0.783. The van der Waals surface area contributed by atoms with Crippen molar-refractivity contribution in [3.8, 4) is 11.1 Å². The molecule has 0 aliphatic rings. The monoisotopic (exact) mass is 233 g/mol. The lowest BCUT2D eigenvalue weighted by molar-refractivity contribution is 0.282. The molecule has 0 saturated heterocycles. The van der Waals surface area contributed by atoms with Gasteiger partial charge in [0.2, 0.25) is 0 Å². The normalized spacial score (nSPS) is 10.4. The van der Waals surface area contributed by atoms with Gasteiger partial charge in [-0.15, -0.1) is 0 Å². The minimum Gasteiger partial charge on any atom is -0.398 e. The van der Waals surface area contributed by atoms with Crippen molar-refractivity contribution in [1.82, 2.24) is 0 Å². The summed E-state index contributed by atoms with van der Waals surface area (Å²) < 4.78 is 0. The Labute approximate surface area is 99.3 Å². The van der Waals surface area contributed by atoms with E-state index in [1.165, 1.54) is 0 Å². The summed E-state index contributed by atoms with van der Waals surface area (Å²) in [4.78, 5) is 0. The second-order valence-electron chi connectivity index (χ2n) is 3.59. The van der Waals surface area contributed by atoms with Gasteiger partial charge in [0.05, 0.1) is 6.61 Å². The van der Waals surface area contributed by atoms with E-state index < -0.39 is 0 Å². The van der Waals surface area contributed by atoms with Gasteiger partial charge in [-0.25, -0.2) is 0 Å². The van der Waals surface area contributed by atoms with Crippen molar-refractivity contribution in [3.05, 3.63) is 53.1 Å². The number of hydrogen-bond donors (Lipinski definition) is 2. The van der Waals surface area contributed by atoms with Gasteiger partial charge in [-0.2, -0.15) is 0 Å². The van der Waals surface area contributed by atoms with Crippen molar-refractivity contribution in [2.24, 2.45) is 0 Å². The average molecular weight is 234 g/mol. The Hall–Kier alpha value is -1.51. The molecule has 0 atom stereocenters. The van der Waals surface area contributed by atoms with Gasteiger partial charge >= 0.3 is 0 Å². The highest BCUT2D eigenvalue weighted by Crippen LogP contribution is 2.28. The molecule has 0 unspecified atom stereocenters. The number of rotatable bonds is 2. The third kappa shape index (κ3) is 2.18. The zero-order chi connectivity index (χ0) is 11.5. The maximum atomic E-state index is 8.95. The molecule has 82 valence electrons. The second-order valence-corrected chi connectivity index (χ2v) is 4.02. The Morgan fingerprint density at radius 3 is 2.31 bits per heavy atom. The van der Waals surface area contributed by atoms with Crippen molar-refractivity contribution < 1.29 is 5.11 Å². The van der Waals surface area contributed by atoms with Gasteiger partial charge in [-0.05, 0) is 23.3 Å². The Bertz CT molecular complexity index is 494. The van der Waals surface area contributed by atoms with Crippen LogP contribution in [0.25, 0.3) is 11.1 Å². The molecule has 0 aromatic heterocycles. The zero-order valence-electron chi connectivity index (χ0n) is 8.65. The molecule has 2 nitrogen and oxygen atoms in total. The summed E-state index contributed by atoms with van der Waals surface area (Å²) in [6.45, 7) is 0.0520. The van der Waals surface area contributed by atoms with E-state index in [0.717, 1.165) is 16.7 Å². The largest absolute Gasteiger partial charge is 0.398 e. The third-order valence-electron chi connectivity index (χ3n) is 2.46. The first-order valence-electron chi connectivity index (χ1n) is 4.96. The van der Waals surface area contributed by atoms with Gasteiger partial charge in [0.25, 0.3) is 0 Å². The number of aliphatic hydroxyl groups excluding tert-OH is 1. The van der Waals surface area contributed by atoms with E-state index in [2.05, 4.69) is 0 Å². The maximum Gasteiger partial charge on any atom is 0.0681 e. The van der Waals surface area contributed by atoms with Crippen molar-refractivity contribution >= 4 is 17.3 Å². The van der Waals surface area contributed by atoms with Crippen molar-refractivity contribution in [2.75, 3.05) is 5.73 Å². The van der Waals surface area contributed by atoms with Gasteiger partial charge in [-0.1, -0.05) is 41.9 Å². The van der Waals surface area contributed by atoms with Crippen molar-refractivity contribution in [1.29, 1.82) is 0 Å². The highest BCUT2D eigenvalue weighted by Gasteiger charge is 2.02. The van der Waals surface area contributed by atoms with Crippen LogP contribution in [-0.4, -0.2) is 5.11 Å². The Morgan fingerprint density at radius 1 is 1.06 bits per heavy atom. The Morgan fingerprint density at radius 2 is 1.75 bits per heavy atom. The zero-order valence-corrected chi connectivity index (χ0v) is 9.41. The smallest absolute Gasteiger partial charge is 0.0681 e. The molecule has 0 bridgehead atoms. The summed E-state index contributed by atoms with van der Waals surface area (Å²) in [5, 5.41) is 9.58. The first kappa shape index (κ1) is 11.0. The summed E-state index contributed by atoms with van der Waals surface area (Å²) in [5.74, 6) is 0. The van der Waals surface area contributed by atoms with Gasteiger partial charge in [0.15, 0.2) is 0 Å². The molecule has 16 heavy (non-hydrogen) atoms. The van der Waals surface area contributed by atoms with Crippen LogP contribution in [0.15, 0.2) is 42.5 Å². The minimum absolute atomic E-state index is 0.0520. The van der Waals surface area contributed by atoms with Crippen molar-refractivity contribution in [2.45, 2.75) is 6.61 Å². The molecular weight excluding hydrogens is 222 g/mol. The summed E-state index contributed by atoms with van der Waals surface area (Å²) >= 11 is 5.84. The topological polar surface area (TPSA) is 46.2 Å². The number of nitrogens with two attached hydrogens (primary N) is 1. The highest BCUT2D eigenvalue weighted by atomic mass is 35.5. The van der Waals surface area contributed by atoms with E-state index in [1.54, 1.807) is 6.07 Å². The van der Waals surface area contributed by atoms with E-state index in [0.29, 0.717) is 10.7 Å². The van der Waals surface area contributed by atoms with E-state index in [1.807, 2.05) is 36.4 Å². The van der Waals surface area contributed by atoms with E-state index in [4.69, 9.17) is 22.4 Å². The molecule has 2 rings (SSSR count). The molecule has 3 N–H and O–H groups in total. The minimum atomic E-state index is 0.0520. The van der Waals surface area contributed by atoms with Crippen LogP contribution in [0.5, 0.6) is 0 Å². The summed E-state index contributed by atoms with van der Waals surface area (Å²) in [6.07, 6.45) is 0. The van der Waals surface area contributed by atoms with Gasteiger partial charge < -0.3 is 10.8 Å². The van der Waals surface area contributed by atoms with Crippen LogP contribution in [0, 0.1) is 0 Å². The van der Waals surface area contributed by atoms with E-state index in [9.17, 15) is 0 Å². The summed E-state index contributed by atoms with van der Waals surface area (Å²) in [6, 6.07) is 13.1. The van der Waals surface area contributed by atoms with Crippen LogP contribution in [0.1, 0.15) is 5.56 Å². The Balaban J connectivity index is 2.42. The van der Waals surface area contributed by atoms with Crippen LogP contribution in [0.2, 0.25) is 5.02 Å². The molecule has 0 saturated carbocycles. The van der Waals surface area contributed by atoms with Gasteiger partial charge in [0, 0.05) is 16.3 Å². The molecule has 0 aliphatic heterocycles. The molecule has 0 heterocycles. The van der Waals surface area contributed by atoms with Crippen LogP contribution in [0.4, 0.5) is 5.69 Å². The van der Waals surface area contributed by atoms with E-state index >= 15 is 0 Å². The van der Waals surface area contributed by atoms with Crippen LogP contribution in [0.3, 0.4) is 0 Å². The van der Waals surface area contributed by atoms with E-state index in [-0.39, 0.29) is 6.61 Å². The lowest BCUT2D eigenvalue weighted by Crippen LogP contribution is -1.90. The molecule has 3 heteroatoms. The molecule has 2 aromatic carbocycles. The first-order chi connectivity index (χ1) is 7.70. The number of aliphatic hydroxyl groups is 1. The molecule has 0 aliphatic carbocycles.